The van der Waals surface area contributed by atoms with E-state index in [1.54, 1.807) is 6.92 Å². The molecule has 0 saturated carbocycles. The average molecular weight is 265 g/mol. The highest BCUT2D eigenvalue weighted by Crippen LogP contribution is 2.07. The zero-order valence-electron chi connectivity index (χ0n) is 9.63. The fourth-order valence-corrected chi connectivity index (χ4v) is 1.25. The predicted molar refractivity (Wildman–Crippen MR) is 60.2 cm³/mol. The molecule has 0 saturated heterocycles. The Bertz CT molecular complexity index is 283. The molecule has 0 amide bonds. The Morgan fingerprint density at radius 3 is 2.47 bits per heavy atom. The van der Waals surface area contributed by atoms with Crippen LogP contribution in [0.3, 0.4) is 0 Å². The van der Waals surface area contributed by atoms with Crippen LogP contribution in [0, 0.1) is 0 Å². The zero-order chi connectivity index (χ0) is 13.3. The fourth-order valence-electron chi connectivity index (χ4n) is 0.664. The maximum Gasteiger partial charge on any atom is 0.370 e. The monoisotopic (exact) mass is 265 g/mol. The number of carbonyl (C=O) groups excluding carboxylic acids is 3. The average Bonchev–Trinajstić information content (AvgIpc) is 2.34. The maximum absolute atomic E-state index is 11.1. The lowest BCUT2D eigenvalue weighted by atomic mass is 10.4. The molecule has 0 unspecified atom stereocenters. The predicted octanol–water partition coefficient (Wildman–Crippen LogP) is 0.267. The van der Waals surface area contributed by atoms with Crippen LogP contribution in [-0.2, 0) is 23.8 Å². The molecule has 8 heteroatoms. The van der Waals surface area contributed by atoms with E-state index >= 15 is 0 Å². The van der Waals surface area contributed by atoms with Gasteiger partial charge in [0.1, 0.15) is 6.04 Å². The highest BCUT2D eigenvalue weighted by Gasteiger charge is 2.16. The lowest BCUT2D eigenvalue weighted by molar-refractivity contribution is -0.150. The van der Waals surface area contributed by atoms with Crippen molar-refractivity contribution in [3.63, 3.8) is 0 Å². The van der Waals surface area contributed by atoms with E-state index in [4.69, 9.17) is 5.73 Å². The minimum atomic E-state index is -0.893. The van der Waals surface area contributed by atoms with Gasteiger partial charge in [0, 0.05) is 12.2 Å². The number of rotatable bonds is 6. The quantitative estimate of drug-likeness (QED) is 0.539. The van der Waals surface area contributed by atoms with Crippen molar-refractivity contribution in [2.45, 2.75) is 19.4 Å². The van der Waals surface area contributed by atoms with Gasteiger partial charge in [-0.1, -0.05) is 6.92 Å². The van der Waals surface area contributed by atoms with Gasteiger partial charge in [0.2, 0.25) is 6.79 Å². The fraction of sp³-hybridized carbons (Fsp3) is 0.667. The van der Waals surface area contributed by atoms with Gasteiger partial charge in [-0.3, -0.25) is 9.59 Å². The molecule has 0 bridgehead atoms. The van der Waals surface area contributed by atoms with E-state index in [2.05, 4.69) is 14.2 Å². The van der Waals surface area contributed by atoms with Gasteiger partial charge in [0.25, 0.3) is 0 Å². The molecule has 0 fully saturated rings. The highest BCUT2D eigenvalue weighted by atomic mass is 32.2. The summed E-state index contributed by atoms with van der Waals surface area (Å²) in [5, 5.41) is -0.673. The SMILES string of the molecule is CCC(=O)OCOC(=O)SC[C@H](N)C(=O)OC. The zero-order valence-corrected chi connectivity index (χ0v) is 10.5. The summed E-state index contributed by atoms with van der Waals surface area (Å²) in [6.45, 7) is 1.18. The molecule has 1 atom stereocenters. The molecule has 17 heavy (non-hydrogen) atoms. The normalized spacial score (nSPS) is 11.5. The Morgan fingerprint density at radius 1 is 1.29 bits per heavy atom. The lowest BCUT2D eigenvalue weighted by Gasteiger charge is -2.08. The molecule has 0 aromatic carbocycles. The third kappa shape index (κ3) is 7.58. The molecular formula is C9H15NO6S. The molecule has 98 valence electrons. The van der Waals surface area contributed by atoms with Crippen LogP contribution >= 0.6 is 11.8 Å². The Kier molecular flexibility index (Phi) is 8.16. The first-order chi connectivity index (χ1) is 8.01. The number of carbonyl (C=O) groups is 3. The van der Waals surface area contributed by atoms with E-state index in [0.717, 1.165) is 0 Å². The summed E-state index contributed by atoms with van der Waals surface area (Å²) in [5.74, 6) is -1.04. The van der Waals surface area contributed by atoms with Crippen LogP contribution in [0.5, 0.6) is 0 Å². The van der Waals surface area contributed by atoms with E-state index in [1.807, 2.05) is 0 Å². The molecule has 0 aliphatic heterocycles. The van der Waals surface area contributed by atoms with Crippen molar-refractivity contribution in [1.29, 1.82) is 0 Å². The Morgan fingerprint density at radius 2 is 1.94 bits per heavy atom. The van der Waals surface area contributed by atoms with Crippen molar-refractivity contribution in [1.82, 2.24) is 0 Å². The molecular weight excluding hydrogens is 250 g/mol. The van der Waals surface area contributed by atoms with E-state index in [1.165, 1.54) is 7.11 Å². The topological polar surface area (TPSA) is 105 Å². The second-order valence-corrected chi connectivity index (χ2v) is 3.78. The van der Waals surface area contributed by atoms with Crippen LogP contribution < -0.4 is 5.73 Å². The first kappa shape index (κ1) is 15.7. The molecule has 0 aromatic rings. The first-order valence-electron chi connectivity index (χ1n) is 4.79. The molecule has 2 N–H and O–H groups in total. The van der Waals surface area contributed by atoms with Crippen molar-refractivity contribution in [2.24, 2.45) is 5.73 Å². The van der Waals surface area contributed by atoms with Gasteiger partial charge in [-0.2, -0.15) is 0 Å². The van der Waals surface area contributed by atoms with Crippen LogP contribution in [0.25, 0.3) is 0 Å². The summed E-state index contributed by atoms with van der Waals surface area (Å²) in [6, 6.07) is -0.893. The second kappa shape index (κ2) is 8.82. The molecule has 7 nitrogen and oxygen atoms in total. The number of hydrogen-bond acceptors (Lipinski definition) is 8. The second-order valence-electron chi connectivity index (χ2n) is 2.82. The lowest BCUT2D eigenvalue weighted by Crippen LogP contribution is -2.34. The van der Waals surface area contributed by atoms with E-state index in [9.17, 15) is 14.4 Å². The van der Waals surface area contributed by atoms with Crippen LogP contribution in [0.1, 0.15) is 13.3 Å². The standard InChI is InChI=1S/C9H15NO6S/c1-3-7(11)15-5-16-9(13)17-4-6(10)8(12)14-2/h6H,3-5,10H2,1-2H3/t6-/m0/s1. The van der Waals surface area contributed by atoms with Crippen LogP contribution in [-0.4, -0.2) is 42.9 Å². The van der Waals surface area contributed by atoms with E-state index in [-0.39, 0.29) is 12.2 Å². The summed E-state index contributed by atoms with van der Waals surface area (Å²) in [7, 11) is 1.20. The van der Waals surface area contributed by atoms with Gasteiger partial charge in [0.05, 0.1) is 7.11 Å². The molecule has 0 aliphatic rings. The van der Waals surface area contributed by atoms with Gasteiger partial charge in [-0.15, -0.1) is 0 Å². The minimum absolute atomic E-state index is 0.0350. The van der Waals surface area contributed by atoms with Gasteiger partial charge in [-0.05, 0) is 11.8 Å². The smallest absolute Gasteiger partial charge is 0.370 e. The Balaban J connectivity index is 3.66. The van der Waals surface area contributed by atoms with Crippen molar-refractivity contribution >= 4 is 29.0 Å². The van der Waals surface area contributed by atoms with Crippen LogP contribution in [0.15, 0.2) is 0 Å². The van der Waals surface area contributed by atoms with Gasteiger partial charge in [-0.25, -0.2) is 4.79 Å². The third-order valence-corrected chi connectivity index (χ3v) is 2.45. The van der Waals surface area contributed by atoms with Crippen molar-refractivity contribution < 1.29 is 28.6 Å². The molecule has 0 aromatic heterocycles. The van der Waals surface area contributed by atoms with Crippen LogP contribution in [0.4, 0.5) is 4.79 Å². The molecule has 0 heterocycles. The number of thioether (sulfide) groups is 1. The van der Waals surface area contributed by atoms with E-state index in [0.29, 0.717) is 11.8 Å². The maximum atomic E-state index is 11.1. The minimum Gasteiger partial charge on any atom is -0.468 e. The summed E-state index contributed by atoms with van der Waals surface area (Å²) in [4.78, 5) is 32.6. The molecule has 0 spiro atoms. The highest BCUT2D eigenvalue weighted by molar-refractivity contribution is 8.13. The summed E-state index contributed by atoms with van der Waals surface area (Å²) in [6.07, 6.45) is 0.206. The van der Waals surface area contributed by atoms with Crippen molar-refractivity contribution in [2.75, 3.05) is 19.7 Å². The number of ether oxygens (including phenoxy) is 3. The van der Waals surface area contributed by atoms with Gasteiger partial charge in [0.15, 0.2) is 0 Å². The molecule has 0 aliphatic carbocycles. The number of esters is 2. The Hall–Kier alpha value is -1.28. The van der Waals surface area contributed by atoms with Crippen molar-refractivity contribution in [3.8, 4) is 0 Å². The largest absolute Gasteiger partial charge is 0.468 e. The number of nitrogens with two attached hydrogens (primary N) is 1. The van der Waals surface area contributed by atoms with Gasteiger partial charge < -0.3 is 19.9 Å². The third-order valence-electron chi connectivity index (χ3n) is 1.57. The molecule has 0 radical (unpaired) electrons. The van der Waals surface area contributed by atoms with Crippen LogP contribution in [0.2, 0.25) is 0 Å². The summed E-state index contributed by atoms with van der Waals surface area (Å²) >= 11 is 0.709. The number of methoxy groups -OCH3 is 1. The molecule has 0 rings (SSSR count). The number of hydrogen-bond donors (Lipinski definition) is 1. The van der Waals surface area contributed by atoms with Crippen molar-refractivity contribution in [3.05, 3.63) is 0 Å². The van der Waals surface area contributed by atoms with E-state index < -0.39 is 30.1 Å². The summed E-state index contributed by atoms with van der Waals surface area (Å²) < 4.78 is 13.4. The Labute approximate surface area is 103 Å². The first-order valence-corrected chi connectivity index (χ1v) is 5.78. The van der Waals surface area contributed by atoms with Gasteiger partial charge >= 0.3 is 17.2 Å². The summed E-state index contributed by atoms with van der Waals surface area (Å²) in [5.41, 5.74) is 5.39.